The van der Waals surface area contributed by atoms with Crippen LogP contribution in [0.2, 0.25) is 0 Å². The molecule has 0 aliphatic carbocycles. The minimum absolute atomic E-state index is 0.145. The van der Waals surface area contributed by atoms with E-state index in [0.717, 1.165) is 0 Å². The molecule has 0 bridgehead atoms. The molecule has 136 valence electrons. The Bertz CT molecular complexity index is 691. The van der Waals surface area contributed by atoms with Crippen LogP contribution in [0.5, 0.6) is 11.5 Å². The molecular weight excluding hydrogens is 396 g/mol. The van der Waals surface area contributed by atoms with Crippen molar-refractivity contribution in [3.05, 3.63) is 22.2 Å². The summed E-state index contributed by atoms with van der Waals surface area (Å²) in [5.74, 6) is -1.60. The number of rotatable bonds is 7. The number of nitrogens with zero attached hydrogens (tertiary/aromatic N) is 2. The van der Waals surface area contributed by atoms with Gasteiger partial charge in [0.25, 0.3) is 5.91 Å². The zero-order valence-corrected chi connectivity index (χ0v) is 15.6. The molecular formula is C15H19BrN4O5. The highest BCUT2D eigenvalue weighted by atomic mass is 79.9. The van der Waals surface area contributed by atoms with Gasteiger partial charge < -0.3 is 20.1 Å². The van der Waals surface area contributed by atoms with Crippen LogP contribution in [0.3, 0.4) is 0 Å². The van der Waals surface area contributed by atoms with Gasteiger partial charge >= 0.3 is 11.8 Å². The third-order valence-electron chi connectivity index (χ3n) is 2.77. The smallest absolute Gasteiger partial charge is 0.329 e. The summed E-state index contributed by atoms with van der Waals surface area (Å²) in [5.41, 5.74) is 7.35. The van der Waals surface area contributed by atoms with Crippen molar-refractivity contribution in [3.8, 4) is 11.5 Å². The predicted molar refractivity (Wildman–Crippen MR) is 94.4 cm³/mol. The van der Waals surface area contributed by atoms with E-state index in [0.29, 0.717) is 28.1 Å². The van der Waals surface area contributed by atoms with Gasteiger partial charge in [0.2, 0.25) is 0 Å². The molecule has 0 radical (unpaired) electrons. The van der Waals surface area contributed by atoms with Gasteiger partial charge in [-0.3, -0.25) is 14.4 Å². The van der Waals surface area contributed by atoms with Gasteiger partial charge in [0, 0.05) is 14.1 Å². The van der Waals surface area contributed by atoms with E-state index in [2.05, 4.69) is 21.0 Å². The maximum atomic E-state index is 11.7. The molecule has 0 aromatic heterocycles. The number of benzene rings is 1. The Kier molecular flexibility index (Phi) is 7.86. The van der Waals surface area contributed by atoms with Crippen LogP contribution in [-0.2, 0) is 14.4 Å². The fraction of sp³-hybridized carbons (Fsp3) is 0.333. The monoisotopic (exact) mass is 414 g/mol. The number of amides is 3. The first-order valence-corrected chi connectivity index (χ1v) is 7.97. The molecule has 0 unspecified atom stereocenters. The zero-order chi connectivity index (χ0) is 19.0. The van der Waals surface area contributed by atoms with Crippen LogP contribution >= 0.6 is 15.9 Å². The first-order chi connectivity index (χ1) is 11.8. The fourth-order valence-electron chi connectivity index (χ4n) is 1.55. The van der Waals surface area contributed by atoms with Gasteiger partial charge in [-0.05, 0) is 40.5 Å². The van der Waals surface area contributed by atoms with E-state index >= 15 is 0 Å². The molecule has 9 nitrogen and oxygen atoms in total. The van der Waals surface area contributed by atoms with E-state index in [1.54, 1.807) is 33.2 Å². The minimum atomic E-state index is -1.14. The van der Waals surface area contributed by atoms with E-state index in [4.69, 9.17) is 15.2 Å². The van der Waals surface area contributed by atoms with Gasteiger partial charge in [-0.25, -0.2) is 5.43 Å². The van der Waals surface area contributed by atoms with E-state index in [1.807, 2.05) is 5.43 Å². The lowest BCUT2D eigenvalue weighted by Crippen LogP contribution is -2.32. The highest BCUT2D eigenvalue weighted by Crippen LogP contribution is 2.36. The number of hydrogen-bond acceptors (Lipinski definition) is 6. The molecule has 0 atom stereocenters. The summed E-state index contributed by atoms with van der Waals surface area (Å²) in [6.45, 7) is 2.04. The third-order valence-corrected chi connectivity index (χ3v) is 3.36. The van der Waals surface area contributed by atoms with E-state index in [-0.39, 0.29) is 12.5 Å². The van der Waals surface area contributed by atoms with Crippen molar-refractivity contribution in [2.45, 2.75) is 6.92 Å². The van der Waals surface area contributed by atoms with Crippen molar-refractivity contribution in [2.75, 3.05) is 27.3 Å². The summed E-state index contributed by atoms with van der Waals surface area (Å²) in [4.78, 5) is 34.7. The summed E-state index contributed by atoms with van der Waals surface area (Å²) in [6.07, 6.45) is 1.31. The number of primary amides is 1. The van der Waals surface area contributed by atoms with Crippen molar-refractivity contribution < 1.29 is 23.9 Å². The predicted octanol–water partition coefficient (Wildman–Crippen LogP) is 0.250. The summed E-state index contributed by atoms with van der Waals surface area (Å²) in [6, 6.07) is 3.27. The summed E-state index contributed by atoms with van der Waals surface area (Å²) >= 11 is 3.35. The second kappa shape index (κ2) is 9.62. The lowest BCUT2D eigenvalue weighted by molar-refractivity contribution is -0.137. The molecule has 0 fully saturated rings. The van der Waals surface area contributed by atoms with Crippen LogP contribution in [0.25, 0.3) is 0 Å². The van der Waals surface area contributed by atoms with Crippen molar-refractivity contribution in [1.29, 1.82) is 0 Å². The van der Waals surface area contributed by atoms with Crippen LogP contribution in [0, 0.1) is 0 Å². The first-order valence-electron chi connectivity index (χ1n) is 7.18. The average Bonchev–Trinajstić information content (AvgIpc) is 2.53. The molecule has 1 aromatic carbocycles. The molecule has 3 amide bonds. The number of hydrogen-bond donors (Lipinski definition) is 2. The zero-order valence-electron chi connectivity index (χ0n) is 14.0. The second-order valence-corrected chi connectivity index (χ2v) is 5.76. The van der Waals surface area contributed by atoms with Gasteiger partial charge in [0.1, 0.15) is 0 Å². The van der Waals surface area contributed by atoms with Gasteiger partial charge in [-0.15, -0.1) is 0 Å². The molecule has 0 saturated heterocycles. The Morgan fingerprint density at radius 2 is 2.00 bits per heavy atom. The molecule has 3 N–H and O–H groups in total. The molecule has 25 heavy (non-hydrogen) atoms. The van der Waals surface area contributed by atoms with Crippen molar-refractivity contribution in [2.24, 2.45) is 10.8 Å². The van der Waals surface area contributed by atoms with Gasteiger partial charge in [0.05, 0.1) is 17.3 Å². The first kappa shape index (κ1) is 20.4. The Morgan fingerprint density at radius 3 is 2.56 bits per heavy atom. The number of carbonyl (C=O) groups excluding carboxylic acids is 3. The minimum Gasteiger partial charge on any atom is -0.490 e. The van der Waals surface area contributed by atoms with Crippen LogP contribution < -0.4 is 20.6 Å². The number of nitrogens with one attached hydrogen (secondary N) is 1. The standard InChI is InChI=1S/C15H19BrN4O5/c1-4-24-11-6-9(7-18-19-15(23)14(17)22)5-10(16)13(11)25-8-12(21)20(2)3/h5-7H,4,8H2,1-3H3,(H2,17,22)(H,19,23)/b18-7+. The van der Waals surface area contributed by atoms with Crippen LogP contribution in [-0.4, -0.2) is 56.1 Å². The Labute approximate surface area is 153 Å². The third kappa shape index (κ3) is 6.42. The number of hydrazone groups is 1. The fourth-order valence-corrected chi connectivity index (χ4v) is 2.12. The number of ether oxygens (including phenoxy) is 2. The quantitative estimate of drug-likeness (QED) is 0.376. The number of nitrogens with two attached hydrogens (primary N) is 1. The molecule has 0 heterocycles. The number of likely N-dealkylation sites (N-methyl/N-ethyl adjacent to an activating group) is 1. The van der Waals surface area contributed by atoms with Gasteiger partial charge in [0.15, 0.2) is 18.1 Å². The molecule has 0 aliphatic rings. The molecule has 1 aromatic rings. The van der Waals surface area contributed by atoms with Crippen molar-refractivity contribution in [1.82, 2.24) is 10.3 Å². The van der Waals surface area contributed by atoms with Gasteiger partial charge in [-0.2, -0.15) is 5.10 Å². The topological polar surface area (TPSA) is 123 Å². The highest BCUT2D eigenvalue weighted by Gasteiger charge is 2.14. The molecule has 0 aliphatic heterocycles. The highest BCUT2D eigenvalue weighted by molar-refractivity contribution is 9.10. The largest absolute Gasteiger partial charge is 0.490 e. The van der Waals surface area contributed by atoms with Crippen LogP contribution in [0.4, 0.5) is 0 Å². The number of halogens is 1. The van der Waals surface area contributed by atoms with Crippen LogP contribution in [0.1, 0.15) is 12.5 Å². The normalized spacial score (nSPS) is 10.4. The lowest BCUT2D eigenvalue weighted by atomic mass is 10.2. The van der Waals surface area contributed by atoms with Crippen LogP contribution in [0.15, 0.2) is 21.7 Å². The Balaban J connectivity index is 2.97. The lowest BCUT2D eigenvalue weighted by Gasteiger charge is -2.16. The Hall–Kier alpha value is -2.62. The average molecular weight is 415 g/mol. The van der Waals surface area contributed by atoms with Crippen molar-refractivity contribution >= 4 is 39.9 Å². The summed E-state index contributed by atoms with van der Waals surface area (Å²) in [7, 11) is 3.26. The van der Waals surface area contributed by atoms with E-state index < -0.39 is 11.8 Å². The van der Waals surface area contributed by atoms with E-state index in [1.165, 1.54) is 11.1 Å². The number of carbonyl (C=O) groups is 3. The maximum Gasteiger partial charge on any atom is 0.329 e. The SMILES string of the molecule is CCOc1cc(/C=N/NC(=O)C(N)=O)cc(Br)c1OCC(=O)N(C)C. The second-order valence-electron chi connectivity index (χ2n) is 4.90. The molecule has 0 saturated carbocycles. The summed E-state index contributed by atoms with van der Waals surface area (Å²) < 4.78 is 11.6. The molecule has 10 heteroatoms. The molecule has 0 spiro atoms. The maximum absolute atomic E-state index is 11.7. The Morgan fingerprint density at radius 1 is 1.32 bits per heavy atom. The van der Waals surface area contributed by atoms with Gasteiger partial charge in [-0.1, -0.05) is 0 Å². The van der Waals surface area contributed by atoms with E-state index in [9.17, 15) is 14.4 Å². The van der Waals surface area contributed by atoms with Crippen molar-refractivity contribution in [3.63, 3.8) is 0 Å². The molecule has 1 rings (SSSR count). The summed E-state index contributed by atoms with van der Waals surface area (Å²) in [5, 5.41) is 3.63.